The fraction of sp³-hybridized carbons (Fsp3) is 0.538. The lowest BCUT2D eigenvalue weighted by Crippen LogP contribution is -2.22. The summed E-state index contributed by atoms with van der Waals surface area (Å²) in [7, 11) is 0. The second-order valence-corrected chi connectivity index (χ2v) is 4.87. The van der Waals surface area contributed by atoms with Crippen molar-refractivity contribution in [2.45, 2.75) is 19.9 Å². The van der Waals surface area contributed by atoms with Crippen LogP contribution in [0.2, 0.25) is 5.02 Å². The van der Waals surface area contributed by atoms with Gasteiger partial charge in [0.25, 0.3) is 0 Å². The van der Waals surface area contributed by atoms with Gasteiger partial charge in [-0.1, -0.05) is 17.7 Å². The topological polar surface area (TPSA) is 21.3 Å². The Hall–Kier alpha value is -0.570. The molecule has 1 atom stereocenters. The predicted molar refractivity (Wildman–Crippen MR) is 66.8 cm³/mol. The standard InChI is InChI=1S/C13H18ClNO/c1-10-6-13(14)3-2-12(10)8-15-7-11-4-5-16-9-11/h2-3,6,11,15H,4-5,7-9H2,1H3. The molecule has 88 valence electrons. The fourth-order valence-electron chi connectivity index (χ4n) is 2.01. The van der Waals surface area contributed by atoms with E-state index in [0.29, 0.717) is 5.92 Å². The van der Waals surface area contributed by atoms with E-state index in [1.165, 1.54) is 17.5 Å². The molecule has 1 heterocycles. The Morgan fingerprint density at radius 2 is 2.38 bits per heavy atom. The Bertz CT molecular complexity index is 348. The van der Waals surface area contributed by atoms with E-state index in [1.54, 1.807) is 0 Å². The number of rotatable bonds is 4. The molecule has 0 bridgehead atoms. The minimum atomic E-state index is 0.688. The second kappa shape index (κ2) is 5.67. The highest BCUT2D eigenvalue weighted by Crippen LogP contribution is 2.15. The molecule has 0 spiro atoms. The normalized spacial score (nSPS) is 20.2. The Balaban J connectivity index is 1.80. The van der Waals surface area contributed by atoms with Crippen LogP contribution in [0, 0.1) is 12.8 Å². The average molecular weight is 240 g/mol. The number of benzene rings is 1. The van der Waals surface area contributed by atoms with Crippen molar-refractivity contribution in [2.24, 2.45) is 5.92 Å². The molecule has 0 aliphatic carbocycles. The van der Waals surface area contributed by atoms with Crippen LogP contribution in [0.3, 0.4) is 0 Å². The van der Waals surface area contributed by atoms with Crippen LogP contribution >= 0.6 is 11.6 Å². The maximum atomic E-state index is 5.92. The van der Waals surface area contributed by atoms with E-state index in [0.717, 1.165) is 31.3 Å². The lowest BCUT2D eigenvalue weighted by Gasteiger charge is -2.11. The molecule has 1 aromatic carbocycles. The molecule has 0 amide bonds. The van der Waals surface area contributed by atoms with Gasteiger partial charge in [-0.2, -0.15) is 0 Å². The van der Waals surface area contributed by atoms with Crippen LogP contribution in [0.25, 0.3) is 0 Å². The first-order valence-corrected chi connectivity index (χ1v) is 6.17. The minimum Gasteiger partial charge on any atom is -0.381 e. The van der Waals surface area contributed by atoms with E-state index in [-0.39, 0.29) is 0 Å². The molecule has 1 aliphatic rings. The summed E-state index contributed by atoms with van der Waals surface area (Å²) in [5, 5.41) is 4.29. The zero-order valence-corrected chi connectivity index (χ0v) is 10.4. The number of halogens is 1. The van der Waals surface area contributed by atoms with Gasteiger partial charge in [0, 0.05) is 24.7 Å². The van der Waals surface area contributed by atoms with Gasteiger partial charge in [0.15, 0.2) is 0 Å². The molecule has 0 radical (unpaired) electrons. The summed E-state index contributed by atoms with van der Waals surface area (Å²) in [6.45, 7) is 5.89. The van der Waals surface area contributed by atoms with Gasteiger partial charge in [-0.25, -0.2) is 0 Å². The Labute approximate surface area is 102 Å². The zero-order valence-electron chi connectivity index (χ0n) is 9.63. The highest BCUT2D eigenvalue weighted by Gasteiger charge is 2.14. The minimum absolute atomic E-state index is 0.688. The van der Waals surface area contributed by atoms with E-state index in [9.17, 15) is 0 Å². The van der Waals surface area contributed by atoms with Crippen molar-refractivity contribution < 1.29 is 4.74 Å². The van der Waals surface area contributed by atoms with E-state index in [1.807, 2.05) is 12.1 Å². The summed E-state index contributed by atoms with van der Waals surface area (Å²) in [4.78, 5) is 0. The first-order chi connectivity index (χ1) is 7.75. The van der Waals surface area contributed by atoms with Crippen LogP contribution in [0.15, 0.2) is 18.2 Å². The van der Waals surface area contributed by atoms with Gasteiger partial charge >= 0.3 is 0 Å². The molecule has 0 aromatic heterocycles. The van der Waals surface area contributed by atoms with Gasteiger partial charge in [-0.3, -0.25) is 0 Å². The number of hydrogen-bond acceptors (Lipinski definition) is 2. The third-order valence-electron chi connectivity index (χ3n) is 3.08. The van der Waals surface area contributed by atoms with Crippen molar-refractivity contribution in [3.8, 4) is 0 Å². The molecule has 1 fully saturated rings. The Morgan fingerprint density at radius 3 is 3.06 bits per heavy atom. The second-order valence-electron chi connectivity index (χ2n) is 4.43. The number of hydrogen-bond donors (Lipinski definition) is 1. The van der Waals surface area contributed by atoms with Gasteiger partial charge in [-0.05, 0) is 42.5 Å². The van der Waals surface area contributed by atoms with Crippen LogP contribution in [-0.4, -0.2) is 19.8 Å². The molecule has 1 aromatic rings. The molecular formula is C13H18ClNO. The van der Waals surface area contributed by atoms with Crippen LogP contribution < -0.4 is 5.32 Å². The average Bonchev–Trinajstić information content (AvgIpc) is 2.74. The summed E-state index contributed by atoms with van der Waals surface area (Å²) in [5.41, 5.74) is 2.57. The third kappa shape index (κ3) is 3.21. The van der Waals surface area contributed by atoms with Crippen LogP contribution in [0.4, 0.5) is 0 Å². The van der Waals surface area contributed by atoms with Gasteiger partial charge in [0.1, 0.15) is 0 Å². The molecular weight excluding hydrogens is 222 g/mol. The highest BCUT2D eigenvalue weighted by atomic mass is 35.5. The third-order valence-corrected chi connectivity index (χ3v) is 3.31. The molecule has 0 saturated carbocycles. The highest BCUT2D eigenvalue weighted by molar-refractivity contribution is 6.30. The summed E-state index contributed by atoms with van der Waals surface area (Å²) in [6, 6.07) is 6.05. The molecule has 3 heteroatoms. The Kier molecular flexibility index (Phi) is 4.22. The first-order valence-electron chi connectivity index (χ1n) is 5.79. The lowest BCUT2D eigenvalue weighted by atomic mass is 10.1. The smallest absolute Gasteiger partial charge is 0.0507 e. The number of aryl methyl sites for hydroxylation is 1. The van der Waals surface area contributed by atoms with E-state index in [2.05, 4.69) is 18.3 Å². The van der Waals surface area contributed by atoms with E-state index >= 15 is 0 Å². The summed E-state index contributed by atoms with van der Waals surface area (Å²) >= 11 is 5.92. The summed E-state index contributed by atoms with van der Waals surface area (Å²) in [6.07, 6.45) is 1.19. The van der Waals surface area contributed by atoms with Crippen molar-refractivity contribution in [1.29, 1.82) is 0 Å². The summed E-state index contributed by atoms with van der Waals surface area (Å²) in [5.74, 6) is 0.688. The molecule has 2 rings (SSSR count). The largest absolute Gasteiger partial charge is 0.381 e. The quantitative estimate of drug-likeness (QED) is 0.873. The van der Waals surface area contributed by atoms with Crippen LogP contribution in [0.5, 0.6) is 0 Å². The monoisotopic (exact) mass is 239 g/mol. The van der Waals surface area contributed by atoms with Gasteiger partial charge in [0.05, 0.1) is 6.61 Å². The molecule has 2 nitrogen and oxygen atoms in total. The number of ether oxygens (including phenoxy) is 1. The van der Waals surface area contributed by atoms with Gasteiger partial charge in [-0.15, -0.1) is 0 Å². The Morgan fingerprint density at radius 1 is 1.50 bits per heavy atom. The lowest BCUT2D eigenvalue weighted by molar-refractivity contribution is 0.185. The molecule has 16 heavy (non-hydrogen) atoms. The first kappa shape index (κ1) is 11.9. The molecule has 1 unspecified atom stereocenters. The molecule has 1 N–H and O–H groups in total. The number of nitrogens with one attached hydrogen (secondary N) is 1. The van der Waals surface area contributed by atoms with Crippen molar-refractivity contribution in [2.75, 3.05) is 19.8 Å². The van der Waals surface area contributed by atoms with Crippen LogP contribution in [-0.2, 0) is 11.3 Å². The van der Waals surface area contributed by atoms with Gasteiger partial charge in [0.2, 0.25) is 0 Å². The van der Waals surface area contributed by atoms with Crippen molar-refractivity contribution in [3.63, 3.8) is 0 Å². The van der Waals surface area contributed by atoms with Crippen LogP contribution in [0.1, 0.15) is 17.5 Å². The van der Waals surface area contributed by atoms with Gasteiger partial charge < -0.3 is 10.1 Å². The molecule has 1 saturated heterocycles. The van der Waals surface area contributed by atoms with E-state index < -0.39 is 0 Å². The maximum absolute atomic E-state index is 5.92. The van der Waals surface area contributed by atoms with Crippen molar-refractivity contribution in [1.82, 2.24) is 5.32 Å². The fourth-order valence-corrected chi connectivity index (χ4v) is 2.24. The maximum Gasteiger partial charge on any atom is 0.0507 e. The van der Waals surface area contributed by atoms with Crippen molar-refractivity contribution >= 4 is 11.6 Å². The SMILES string of the molecule is Cc1cc(Cl)ccc1CNCC1CCOC1. The molecule has 1 aliphatic heterocycles. The zero-order chi connectivity index (χ0) is 11.4. The van der Waals surface area contributed by atoms with Crippen molar-refractivity contribution in [3.05, 3.63) is 34.3 Å². The summed E-state index contributed by atoms with van der Waals surface area (Å²) < 4.78 is 5.34. The predicted octanol–water partition coefficient (Wildman–Crippen LogP) is 2.77. The van der Waals surface area contributed by atoms with E-state index in [4.69, 9.17) is 16.3 Å².